The largest absolute Gasteiger partial charge is 0.416 e. The molecule has 0 spiro atoms. The molecule has 0 aliphatic carbocycles. The van der Waals surface area contributed by atoms with Gasteiger partial charge in [-0.15, -0.1) is 0 Å². The Morgan fingerprint density at radius 3 is 2.30 bits per heavy atom. The third-order valence-corrected chi connectivity index (χ3v) is 4.83. The second-order valence-corrected chi connectivity index (χ2v) is 7.57. The zero-order valence-corrected chi connectivity index (χ0v) is 12.2. The Morgan fingerprint density at radius 1 is 1.20 bits per heavy atom. The lowest BCUT2D eigenvalue weighted by atomic mass is 9.91. The van der Waals surface area contributed by atoms with Gasteiger partial charge in [-0.3, -0.25) is 0 Å². The van der Waals surface area contributed by atoms with E-state index in [0.29, 0.717) is 19.0 Å². The highest BCUT2D eigenvalue weighted by atomic mass is 32.2. The molecule has 0 saturated carbocycles. The lowest BCUT2D eigenvalue weighted by Gasteiger charge is -2.21. The van der Waals surface area contributed by atoms with Crippen LogP contribution < -0.4 is 5.73 Å². The van der Waals surface area contributed by atoms with E-state index in [4.69, 9.17) is 5.73 Å². The molecule has 0 saturated heterocycles. The van der Waals surface area contributed by atoms with Crippen LogP contribution in [0.25, 0.3) is 0 Å². The fraction of sp³-hybridized carbons (Fsp3) is 0.538. The fourth-order valence-electron chi connectivity index (χ4n) is 1.50. The first kappa shape index (κ1) is 17.0. The minimum Gasteiger partial charge on any atom is -0.330 e. The van der Waals surface area contributed by atoms with E-state index in [-0.39, 0.29) is 16.1 Å². The molecule has 1 rings (SSSR count). The van der Waals surface area contributed by atoms with Crippen LogP contribution in [0.15, 0.2) is 29.2 Å². The summed E-state index contributed by atoms with van der Waals surface area (Å²) in [5, 5.41) is 0. The molecular weight excluding hydrogens is 291 g/mol. The highest BCUT2D eigenvalue weighted by molar-refractivity contribution is 7.91. The van der Waals surface area contributed by atoms with Crippen LogP contribution in [0.3, 0.4) is 0 Å². The lowest BCUT2D eigenvalue weighted by Crippen LogP contribution is -2.26. The van der Waals surface area contributed by atoms with E-state index >= 15 is 0 Å². The predicted octanol–water partition coefficient (Wildman–Crippen LogP) is 2.85. The van der Waals surface area contributed by atoms with Crippen molar-refractivity contribution >= 4 is 9.84 Å². The molecule has 3 nitrogen and oxygen atoms in total. The van der Waals surface area contributed by atoms with Crippen molar-refractivity contribution in [3.05, 3.63) is 29.8 Å². The maximum atomic E-state index is 12.6. The summed E-state index contributed by atoms with van der Waals surface area (Å²) in [7, 11) is -3.74. The molecule has 0 fully saturated rings. The Balaban J connectivity index is 2.99. The monoisotopic (exact) mass is 309 g/mol. The predicted molar refractivity (Wildman–Crippen MR) is 70.9 cm³/mol. The van der Waals surface area contributed by atoms with Gasteiger partial charge in [0.25, 0.3) is 0 Å². The van der Waals surface area contributed by atoms with Crippen molar-refractivity contribution in [2.75, 3.05) is 12.3 Å². The van der Waals surface area contributed by atoms with Gasteiger partial charge >= 0.3 is 6.18 Å². The van der Waals surface area contributed by atoms with Crippen molar-refractivity contribution < 1.29 is 21.6 Å². The van der Waals surface area contributed by atoms with Crippen LogP contribution in [0.4, 0.5) is 13.2 Å². The van der Waals surface area contributed by atoms with Crippen molar-refractivity contribution in [2.24, 2.45) is 11.1 Å². The molecule has 7 heteroatoms. The van der Waals surface area contributed by atoms with E-state index in [1.165, 1.54) is 6.07 Å². The third-order valence-electron chi connectivity index (χ3n) is 3.12. The van der Waals surface area contributed by atoms with Crippen molar-refractivity contribution in [1.29, 1.82) is 0 Å². The number of sulfone groups is 1. The number of benzene rings is 1. The summed E-state index contributed by atoms with van der Waals surface area (Å²) in [6.45, 7) is 3.94. The number of hydrogen-bond donors (Lipinski definition) is 1. The molecule has 0 amide bonds. The van der Waals surface area contributed by atoms with Crippen LogP contribution >= 0.6 is 0 Å². The van der Waals surface area contributed by atoms with Gasteiger partial charge < -0.3 is 5.73 Å². The Morgan fingerprint density at radius 2 is 1.80 bits per heavy atom. The first-order chi connectivity index (χ1) is 8.98. The quantitative estimate of drug-likeness (QED) is 0.910. The molecule has 114 valence electrons. The minimum absolute atomic E-state index is 0.224. The third kappa shape index (κ3) is 4.49. The van der Waals surface area contributed by atoms with E-state index in [0.717, 1.165) is 12.1 Å². The van der Waals surface area contributed by atoms with Crippen LogP contribution in [-0.2, 0) is 16.0 Å². The molecule has 0 heterocycles. The summed E-state index contributed by atoms with van der Waals surface area (Å²) in [5.74, 6) is -0.224. The van der Waals surface area contributed by atoms with Crippen molar-refractivity contribution in [1.82, 2.24) is 0 Å². The van der Waals surface area contributed by atoms with Crippen LogP contribution in [0.5, 0.6) is 0 Å². The number of rotatable bonds is 5. The van der Waals surface area contributed by atoms with Crippen molar-refractivity contribution in [2.45, 2.75) is 31.3 Å². The smallest absolute Gasteiger partial charge is 0.330 e. The molecule has 0 bridgehead atoms. The van der Waals surface area contributed by atoms with Crippen LogP contribution in [0.1, 0.15) is 25.8 Å². The summed E-state index contributed by atoms with van der Waals surface area (Å²) >= 11 is 0. The van der Waals surface area contributed by atoms with E-state index in [9.17, 15) is 21.6 Å². The molecule has 0 unspecified atom stereocenters. The summed E-state index contributed by atoms with van der Waals surface area (Å²) < 4.78 is 61.9. The second-order valence-electron chi connectivity index (χ2n) is 5.46. The average molecular weight is 309 g/mol. The summed E-state index contributed by atoms with van der Waals surface area (Å²) in [6, 6.07) is 3.80. The van der Waals surface area contributed by atoms with Gasteiger partial charge in [0.1, 0.15) is 0 Å². The molecule has 0 aliphatic rings. The first-order valence-electron chi connectivity index (χ1n) is 6.08. The molecule has 20 heavy (non-hydrogen) atoms. The van der Waals surface area contributed by atoms with Gasteiger partial charge in [0.15, 0.2) is 9.84 Å². The molecular formula is C13H18F3NO2S. The molecule has 0 atom stereocenters. The summed E-state index contributed by atoms with van der Waals surface area (Å²) in [5.41, 5.74) is 4.18. The van der Waals surface area contributed by atoms with Gasteiger partial charge in [0, 0.05) is 0 Å². The van der Waals surface area contributed by atoms with Gasteiger partial charge in [0.2, 0.25) is 0 Å². The van der Waals surface area contributed by atoms with Crippen LogP contribution in [-0.4, -0.2) is 20.7 Å². The Hall–Kier alpha value is -1.08. The van der Waals surface area contributed by atoms with Gasteiger partial charge in [-0.1, -0.05) is 19.9 Å². The molecule has 0 aliphatic heterocycles. The van der Waals surface area contributed by atoms with Crippen LogP contribution in [0.2, 0.25) is 0 Å². The zero-order valence-electron chi connectivity index (χ0n) is 11.4. The molecule has 2 N–H and O–H groups in total. The summed E-state index contributed by atoms with van der Waals surface area (Å²) in [6.07, 6.45) is -4.26. The number of nitrogens with two attached hydrogens (primary N) is 1. The Kier molecular flexibility index (Phi) is 4.86. The molecule has 0 radical (unpaired) electrons. The maximum absolute atomic E-state index is 12.6. The Bertz CT molecular complexity index is 565. The normalized spacial score (nSPS) is 13.5. The topological polar surface area (TPSA) is 60.2 Å². The van der Waals surface area contributed by atoms with E-state index in [1.807, 2.05) is 13.8 Å². The Labute approximate surface area is 116 Å². The van der Waals surface area contributed by atoms with Crippen molar-refractivity contribution in [3.8, 4) is 0 Å². The maximum Gasteiger partial charge on any atom is 0.416 e. The van der Waals surface area contributed by atoms with E-state index < -0.39 is 21.6 Å². The van der Waals surface area contributed by atoms with Gasteiger partial charge in [-0.2, -0.15) is 13.2 Å². The first-order valence-corrected chi connectivity index (χ1v) is 7.73. The van der Waals surface area contributed by atoms with Crippen LogP contribution in [0, 0.1) is 5.41 Å². The van der Waals surface area contributed by atoms with E-state index in [1.54, 1.807) is 0 Å². The van der Waals surface area contributed by atoms with Gasteiger partial charge in [0.05, 0.1) is 16.2 Å². The highest BCUT2D eigenvalue weighted by Gasteiger charge is 2.32. The highest BCUT2D eigenvalue weighted by Crippen LogP contribution is 2.31. The molecule has 1 aromatic rings. The number of halogens is 3. The van der Waals surface area contributed by atoms with Gasteiger partial charge in [-0.05, 0) is 36.6 Å². The van der Waals surface area contributed by atoms with Gasteiger partial charge in [-0.25, -0.2) is 8.42 Å². The number of alkyl halides is 3. The summed E-state index contributed by atoms with van der Waals surface area (Å²) in [4.78, 5) is -0.305. The molecule has 1 aromatic carbocycles. The minimum atomic E-state index is -4.55. The standard InChI is InChI=1S/C13H18F3NO2S/c1-12(2,9-17)6-7-20(18,19)11-5-3-4-10(8-11)13(14,15)16/h3-5,8H,6-7,9,17H2,1-2H3. The zero-order chi connectivity index (χ0) is 15.6. The van der Waals surface area contributed by atoms with Crippen molar-refractivity contribution in [3.63, 3.8) is 0 Å². The number of hydrogen-bond acceptors (Lipinski definition) is 3. The second kappa shape index (κ2) is 5.73. The lowest BCUT2D eigenvalue weighted by molar-refractivity contribution is -0.137. The fourth-order valence-corrected chi connectivity index (χ4v) is 3.15. The average Bonchev–Trinajstić information content (AvgIpc) is 2.36. The van der Waals surface area contributed by atoms with E-state index in [2.05, 4.69) is 0 Å². The molecule has 0 aromatic heterocycles. The SMILES string of the molecule is CC(C)(CN)CCS(=O)(=O)c1cccc(C(F)(F)F)c1.